The molecule has 2 aromatic carbocycles. The Morgan fingerprint density at radius 3 is 2.77 bits per heavy atom. The summed E-state index contributed by atoms with van der Waals surface area (Å²) in [6.45, 7) is 0.889. The number of para-hydroxylation sites is 2. The van der Waals surface area contributed by atoms with Crippen LogP contribution in [0, 0.1) is 0 Å². The summed E-state index contributed by atoms with van der Waals surface area (Å²) in [5, 5.41) is 2.65. The fourth-order valence-electron chi connectivity index (χ4n) is 3.04. The average Bonchev–Trinajstić information content (AvgIpc) is 3.16. The molecule has 1 aliphatic heterocycles. The van der Waals surface area contributed by atoms with Crippen molar-refractivity contribution in [2.45, 2.75) is 12.6 Å². The number of hydrogen-bond donors (Lipinski definition) is 1. The van der Waals surface area contributed by atoms with Gasteiger partial charge in [0.2, 0.25) is 5.89 Å². The summed E-state index contributed by atoms with van der Waals surface area (Å²) in [7, 11) is 1.61. The highest BCUT2D eigenvalue weighted by molar-refractivity contribution is 5.83. The number of ether oxygens (including phenoxy) is 1. The van der Waals surface area contributed by atoms with E-state index >= 15 is 0 Å². The molecular formula is C20H19N3O3. The first-order valence-electron chi connectivity index (χ1n) is 8.47. The van der Waals surface area contributed by atoms with Gasteiger partial charge < -0.3 is 19.4 Å². The van der Waals surface area contributed by atoms with Crippen molar-refractivity contribution in [3.05, 3.63) is 66.7 Å². The Balaban J connectivity index is 1.59. The summed E-state index contributed by atoms with van der Waals surface area (Å²) in [6.07, 6.45) is 1.16. The largest absolute Gasteiger partial charge is 0.477 e. The molecule has 132 valence electrons. The molecule has 26 heavy (non-hydrogen) atoms. The lowest BCUT2D eigenvalue weighted by Crippen LogP contribution is -2.47. The van der Waals surface area contributed by atoms with Gasteiger partial charge in [0.25, 0.3) is 5.91 Å². The van der Waals surface area contributed by atoms with Crippen LogP contribution >= 0.6 is 0 Å². The normalized spacial score (nSPS) is 15.9. The van der Waals surface area contributed by atoms with Crippen molar-refractivity contribution in [1.29, 1.82) is 0 Å². The number of anilines is 1. The third-order valence-corrected chi connectivity index (χ3v) is 4.34. The molecule has 1 aliphatic rings. The SMILES string of the molecule is CNC(=O)C1CN(Cc2ncc(-c3ccccc3)o2)c2ccccc2O1. The molecule has 6 heteroatoms. The van der Waals surface area contributed by atoms with Crippen molar-refractivity contribution in [2.24, 2.45) is 0 Å². The first kappa shape index (κ1) is 16.2. The van der Waals surface area contributed by atoms with Crippen molar-refractivity contribution in [1.82, 2.24) is 10.3 Å². The molecule has 1 amide bonds. The number of nitrogens with zero attached hydrogens (tertiary/aromatic N) is 2. The number of nitrogens with one attached hydrogen (secondary N) is 1. The zero-order valence-electron chi connectivity index (χ0n) is 14.4. The minimum absolute atomic E-state index is 0.151. The lowest BCUT2D eigenvalue weighted by molar-refractivity contribution is -0.127. The Kier molecular flexibility index (Phi) is 4.31. The van der Waals surface area contributed by atoms with Crippen LogP contribution in [0.2, 0.25) is 0 Å². The fraction of sp³-hybridized carbons (Fsp3) is 0.200. The molecule has 2 heterocycles. The molecule has 1 unspecified atom stereocenters. The van der Waals surface area contributed by atoms with Crippen LogP contribution in [0.5, 0.6) is 5.75 Å². The van der Waals surface area contributed by atoms with Crippen molar-refractivity contribution in [2.75, 3.05) is 18.5 Å². The third kappa shape index (κ3) is 3.13. The van der Waals surface area contributed by atoms with E-state index in [0.717, 1.165) is 17.0 Å². The van der Waals surface area contributed by atoms with Crippen LogP contribution in [0.25, 0.3) is 11.3 Å². The number of oxazole rings is 1. The quantitative estimate of drug-likeness (QED) is 0.784. The van der Waals surface area contributed by atoms with Gasteiger partial charge in [0, 0.05) is 12.6 Å². The highest BCUT2D eigenvalue weighted by Crippen LogP contribution is 2.34. The van der Waals surface area contributed by atoms with E-state index in [4.69, 9.17) is 9.15 Å². The molecule has 0 fully saturated rings. The van der Waals surface area contributed by atoms with Gasteiger partial charge in [0.15, 0.2) is 11.9 Å². The Hall–Kier alpha value is -3.28. The zero-order chi connectivity index (χ0) is 17.9. The van der Waals surface area contributed by atoms with Crippen LogP contribution in [0.1, 0.15) is 5.89 Å². The van der Waals surface area contributed by atoms with Gasteiger partial charge in [-0.3, -0.25) is 4.79 Å². The van der Waals surface area contributed by atoms with Crippen molar-refractivity contribution in [3.63, 3.8) is 0 Å². The van der Waals surface area contributed by atoms with Crippen molar-refractivity contribution >= 4 is 11.6 Å². The zero-order valence-corrected chi connectivity index (χ0v) is 14.4. The third-order valence-electron chi connectivity index (χ3n) is 4.34. The molecule has 1 atom stereocenters. The number of carbonyl (C=O) groups excluding carboxylic acids is 1. The van der Waals surface area contributed by atoms with Gasteiger partial charge in [-0.05, 0) is 12.1 Å². The lowest BCUT2D eigenvalue weighted by Gasteiger charge is -2.34. The minimum atomic E-state index is -0.571. The topological polar surface area (TPSA) is 67.6 Å². The van der Waals surface area contributed by atoms with Crippen LogP contribution in [0.3, 0.4) is 0 Å². The number of amides is 1. The van der Waals surface area contributed by atoms with E-state index < -0.39 is 6.10 Å². The highest BCUT2D eigenvalue weighted by atomic mass is 16.5. The monoisotopic (exact) mass is 349 g/mol. The summed E-state index contributed by atoms with van der Waals surface area (Å²) in [6, 6.07) is 17.5. The smallest absolute Gasteiger partial charge is 0.262 e. The van der Waals surface area contributed by atoms with Crippen LogP contribution in [0.4, 0.5) is 5.69 Å². The highest BCUT2D eigenvalue weighted by Gasteiger charge is 2.30. The standard InChI is InChI=1S/C20H19N3O3/c1-21-20(24)18-12-23(15-9-5-6-10-16(15)25-18)13-19-22-11-17(26-19)14-7-3-2-4-8-14/h2-11,18H,12-13H2,1H3,(H,21,24). The Bertz CT molecular complexity index is 907. The molecular weight excluding hydrogens is 330 g/mol. The van der Waals surface area contributed by atoms with Crippen LogP contribution in [-0.4, -0.2) is 30.6 Å². The number of rotatable bonds is 4. The predicted octanol–water partition coefficient (Wildman–Crippen LogP) is 2.86. The summed E-state index contributed by atoms with van der Waals surface area (Å²) in [5.41, 5.74) is 1.91. The van der Waals surface area contributed by atoms with Crippen molar-refractivity contribution < 1.29 is 13.9 Å². The summed E-state index contributed by atoms with van der Waals surface area (Å²) in [4.78, 5) is 18.5. The molecule has 3 aromatic rings. The van der Waals surface area contributed by atoms with E-state index in [9.17, 15) is 4.79 Å². The number of aromatic nitrogens is 1. The number of benzene rings is 2. The first-order chi connectivity index (χ1) is 12.7. The Morgan fingerprint density at radius 1 is 1.19 bits per heavy atom. The minimum Gasteiger partial charge on any atom is -0.477 e. The summed E-state index contributed by atoms with van der Waals surface area (Å²) in [5.74, 6) is 1.85. The second kappa shape index (κ2) is 6.92. The molecule has 6 nitrogen and oxygen atoms in total. The lowest BCUT2D eigenvalue weighted by atomic mass is 10.2. The predicted molar refractivity (Wildman–Crippen MR) is 97.9 cm³/mol. The Labute approximate surface area is 151 Å². The molecule has 0 saturated heterocycles. The maximum Gasteiger partial charge on any atom is 0.262 e. The molecule has 0 spiro atoms. The second-order valence-corrected chi connectivity index (χ2v) is 6.05. The van der Waals surface area contributed by atoms with Gasteiger partial charge in [-0.25, -0.2) is 4.98 Å². The van der Waals surface area contributed by atoms with E-state index in [1.807, 2.05) is 54.6 Å². The fourth-order valence-corrected chi connectivity index (χ4v) is 3.04. The van der Waals surface area contributed by atoms with E-state index in [2.05, 4.69) is 15.2 Å². The average molecular weight is 349 g/mol. The van der Waals surface area contributed by atoms with E-state index in [1.165, 1.54) is 0 Å². The van der Waals surface area contributed by atoms with Crippen LogP contribution in [0.15, 0.2) is 65.2 Å². The molecule has 4 rings (SSSR count). The maximum absolute atomic E-state index is 12.1. The number of fused-ring (bicyclic) bond motifs is 1. The molecule has 0 aliphatic carbocycles. The van der Waals surface area contributed by atoms with Gasteiger partial charge >= 0.3 is 0 Å². The molecule has 0 radical (unpaired) electrons. The van der Waals surface area contributed by atoms with Gasteiger partial charge in [-0.2, -0.15) is 0 Å². The molecule has 0 bridgehead atoms. The number of likely N-dealkylation sites (N-methyl/N-ethyl adjacent to an activating group) is 1. The Morgan fingerprint density at radius 2 is 1.96 bits per heavy atom. The van der Waals surface area contributed by atoms with E-state index in [1.54, 1.807) is 13.2 Å². The van der Waals surface area contributed by atoms with Crippen molar-refractivity contribution in [3.8, 4) is 17.1 Å². The van der Waals surface area contributed by atoms with E-state index in [0.29, 0.717) is 24.7 Å². The van der Waals surface area contributed by atoms with Gasteiger partial charge in [-0.1, -0.05) is 42.5 Å². The van der Waals surface area contributed by atoms with Crippen LogP contribution in [-0.2, 0) is 11.3 Å². The van der Waals surface area contributed by atoms with Crippen LogP contribution < -0.4 is 15.0 Å². The number of carbonyl (C=O) groups is 1. The summed E-state index contributed by atoms with van der Waals surface area (Å²) >= 11 is 0. The van der Waals surface area contributed by atoms with Gasteiger partial charge in [0.1, 0.15) is 5.75 Å². The number of hydrogen-bond acceptors (Lipinski definition) is 5. The molecule has 1 N–H and O–H groups in total. The maximum atomic E-state index is 12.1. The first-order valence-corrected chi connectivity index (χ1v) is 8.47. The molecule has 1 aromatic heterocycles. The summed E-state index contributed by atoms with van der Waals surface area (Å²) < 4.78 is 11.7. The van der Waals surface area contributed by atoms with Gasteiger partial charge in [0.05, 0.1) is 25.0 Å². The van der Waals surface area contributed by atoms with Gasteiger partial charge in [-0.15, -0.1) is 0 Å². The van der Waals surface area contributed by atoms with E-state index in [-0.39, 0.29) is 5.91 Å². The molecule has 0 saturated carbocycles. The second-order valence-electron chi connectivity index (χ2n) is 6.05.